The molecular weight excluding hydrogens is 1010 g/mol. The van der Waals surface area contributed by atoms with Crippen molar-refractivity contribution in [1.29, 1.82) is 0 Å². The molecule has 77 heavy (non-hydrogen) atoms. The fourth-order valence-electron chi connectivity index (χ4n) is 11.0. The van der Waals surface area contributed by atoms with Gasteiger partial charge in [-0.15, -0.1) is 22.7 Å². The van der Waals surface area contributed by atoms with Crippen LogP contribution in [-0.2, 0) is 11.8 Å². The van der Waals surface area contributed by atoms with Crippen molar-refractivity contribution in [3.8, 4) is 11.8 Å². The van der Waals surface area contributed by atoms with E-state index in [1.54, 1.807) is 24.3 Å². The number of rotatable bonds is 3. The van der Waals surface area contributed by atoms with Crippen LogP contribution in [0.15, 0.2) is 123 Å². The van der Waals surface area contributed by atoms with E-state index in [0.717, 1.165) is 83.6 Å². The molecule has 0 unspecified atom stereocenters. The molecule has 8 heteroatoms. The first-order chi connectivity index (χ1) is 35.8. The van der Waals surface area contributed by atoms with Gasteiger partial charge in [0.1, 0.15) is 17.1 Å². The van der Waals surface area contributed by atoms with E-state index in [2.05, 4.69) is 142 Å². The second kappa shape index (κ2) is 19.4. The summed E-state index contributed by atoms with van der Waals surface area (Å²) < 4.78 is 98.3. The van der Waals surface area contributed by atoms with E-state index in [-0.39, 0.29) is 49.1 Å². The van der Waals surface area contributed by atoms with Gasteiger partial charge >= 0.3 is 17.8 Å². The Morgan fingerprint density at radius 2 is 1.16 bits per heavy atom. The maximum Gasteiger partial charge on any atom is 0.380 e. The molecule has 4 aliphatic rings. The van der Waals surface area contributed by atoms with Gasteiger partial charge < -0.3 is 0 Å². The molecule has 0 saturated heterocycles. The van der Waals surface area contributed by atoms with Crippen LogP contribution >= 0.6 is 22.7 Å². The van der Waals surface area contributed by atoms with Crippen LogP contribution in [0.25, 0.3) is 39.1 Å². The Morgan fingerprint density at radius 1 is 0.610 bits per heavy atom. The van der Waals surface area contributed by atoms with Crippen molar-refractivity contribution < 1.29 is 26.3 Å². The van der Waals surface area contributed by atoms with Gasteiger partial charge in [-0.1, -0.05) is 62.2 Å². The van der Waals surface area contributed by atoms with Crippen molar-refractivity contribution in [1.82, 2.24) is 0 Å². The summed E-state index contributed by atoms with van der Waals surface area (Å²) in [6, 6.07) is 13.5. The standard InChI is InChI=1S/C69H64F6S2/c1-37-25-49(26-38(2)55(37)35-57-41(5)29-51(30-42(57)6)65(11,12)13)19-17-47-21-23-53-59(33-47)76-45(9)61(53)63-64(68(72,73)69(74,75)67(63,70)71)62-46(10)77-60-34-48(22-24-54(60)62)18-20-50-27-39(3)56(40(4)28-50)36-58-43(7)31-52(32-44(58)8)66(14,15)16/h21-33,36H,34H2,1-16H3/q+2. The van der Waals surface area contributed by atoms with E-state index in [1.165, 1.54) is 48.1 Å². The van der Waals surface area contributed by atoms with E-state index < -0.39 is 28.9 Å². The maximum absolute atomic E-state index is 16.5. The first-order valence-corrected chi connectivity index (χ1v) is 27.6. The molecule has 0 aliphatic heterocycles. The fraction of sp³-hybridized carbons (Fsp3) is 0.319. The van der Waals surface area contributed by atoms with Gasteiger partial charge in [-0.2, -0.15) is 26.3 Å². The molecule has 2 aromatic heterocycles. The van der Waals surface area contributed by atoms with Crippen molar-refractivity contribution in [3.63, 3.8) is 0 Å². The van der Waals surface area contributed by atoms with Crippen LogP contribution in [-0.4, -0.2) is 17.8 Å². The summed E-state index contributed by atoms with van der Waals surface area (Å²) in [5.74, 6) is -7.63. The predicted octanol–water partition coefficient (Wildman–Crippen LogP) is 18.3. The number of benzene rings is 3. The smallest absolute Gasteiger partial charge is 0.194 e. The van der Waals surface area contributed by atoms with Crippen molar-refractivity contribution in [2.45, 2.75) is 140 Å². The minimum absolute atomic E-state index is 0.0229. The van der Waals surface area contributed by atoms with E-state index in [1.807, 2.05) is 38.1 Å². The van der Waals surface area contributed by atoms with Crippen LogP contribution < -0.4 is 10.4 Å². The quantitative estimate of drug-likeness (QED) is 0.0731. The molecule has 5 aromatic rings. The van der Waals surface area contributed by atoms with Crippen LogP contribution in [0.5, 0.6) is 0 Å². The molecule has 0 saturated carbocycles. The highest BCUT2D eigenvalue weighted by Crippen LogP contribution is 2.67. The van der Waals surface area contributed by atoms with Crippen molar-refractivity contribution in [2.75, 3.05) is 0 Å². The molecule has 0 amide bonds. The Kier molecular flexibility index (Phi) is 13.9. The number of alkyl halides is 6. The third-order valence-electron chi connectivity index (χ3n) is 15.3. The Bertz CT molecular complexity index is 3850. The largest absolute Gasteiger partial charge is 0.380 e. The SMILES string of the molecule is CC1=C[C+](C#Cc2ccc3c(C4=C(c5c(C)sc6c5C=CC(=C=C=c5cc(C)c(=Cc7c(C)cc(C(C)(C)C)cc7C)c(C)c5)C6)C(F)(F)C(F)(F)C4(F)F)c(C)sc3c2)C=C(C)C1=C=C1C(C)=C[C+](C(C)(C)C)C=C1C. The van der Waals surface area contributed by atoms with Gasteiger partial charge in [0, 0.05) is 113 Å². The van der Waals surface area contributed by atoms with Crippen LogP contribution in [0.1, 0.15) is 140 Å². The number of fused-ring (bicyclic) bond motifs is 2. The number of aryl methyl sites for hydroxylation is 6. The predicted molar refractivity (Wildman–Crippen MR) is 312 cm³/mol. The number of hydrogen-bond acceptors (Lipinski definition) is 2. The molecule has 2 heterocycles. The summed E-state index contributed by atoms with van der Waals surface area (Å²) in [7, 11) is 0. The average molecular weight is 1070 g/mol. The molecule has 9 rings (SSSR count). The van der Waals surface area contributed by atoms with Gasteiger partial charge in [0.05, 0.1) is 40.7 Å². The molecule has 0 atom stereocenters. The Balaban J connectivity index is 1.06. The molecule has 0 spiro atoms. The Hall–Kier alpha value is -6.54. The first-order valence-electron chi connectivity index (χ1n) is 26.0. The molecule has 0 N–H and O–H groups in total. The molecule has 3 aromatic carbocycles. The summed E-state index contributed by atoms with van der Waals surface area (Å²) in [4.78, 5) is 1.06. The molecule has 0 radical (unpaired) electrons. The lowest BCUT2D eigenvalue weighted by atomic mass is 9.74. The molecule has 4 aliphatic carbocycles. The monoisotopic (exact) mass is 1070 g/mol. The van der Waals surface area contributed by atoms with Crippen molar-refractivity contribution in [3.05, 3.63) is 216 Å². The number of hydrogen-bond donors (Lipinski definition) is 0. The first kappa shape index (κ1) is 55.2. The lowest BCUT2D eigenvalue weighted by molar-refractivity contribution is -0.254. The summed E-state index contributed by atoms with van der Waals surface area (Å²) >= 11 is 2.23. The van der Waals surface area contributed by atoms with E-state index in [0.29, 0.717) is 20.7 Å². The van der Waals surface area contributed by atoms with Crippen molar-refractivity contribution >= 4 is 61.8 Å². The van der Waals surface area contributed by atoms with Gasteiger partial charge in [-0.05, 0) is 162 Å². The molecule has 0 nitrogen and oxygen atoms in total. The highest BCUT2D eigenvalue weighted by molar-refractivity contribution is 7.19. The van der Waals surface area contributed by atoms with Gasteiger partial charge in [-0.25, -0.2) is 0 Å². The second-order valence-electron chi connectivity index (χ2n) is 23.4. The van der Waals surface area contributed by atoms with E-state index >= 15 is 26.3 Å². The van der Waals surface area contributed by atoms with Crippen LogP contribution in [0.4, 0.5) is 26.3 Å². The van der Waals surface area contributed by atoms with Gasteiger partial charge in [0.2, 0.25) is 0 Å². The zero-order chi connectivity index (χ0) is 56.2. The lowest BCUT2D eigenvalue weighted by Gasteiger charge is -2.26. The summed E-state index contributed by atoms with van der Waals surface area (Å²) in [5, 5.41) is 2.11. The van der Waals surface area contributed by atoms with Gasteiger partial charge in [0.15, 0.2) is 0 Å². The normalized spacial score (nSPS) is 17.8. The minimum atomic E-state index is -5.70. The molecule has 392 valence electrons. The second-order valence-corrected chi connectivity index (χ2v) is 26.0. The van der Waals surface area contributed by atoms with E-state index in [4.69, 9.17) is 0 Å². The lowest BCUT2D eigenvalue weighted by Crippen LogP contribution is -2.49. The summed E-state index contributed by atoms with van der Waals surface area (Å²) in [6.45, 7) is 33.0. The highest BCUT2D eigenvalue weighted by atomic mass is 32.1. The maximum atomic E-state index is 16.5. The molecule has 0 fully saturated rings. The van der Waals surface area contributed by atoms with Crippen LogP contribution in [0.3, 0.4) is 0 Å². The minimum Gasteiger partial charge on any atom is -0.194 e. The van der Waals surface area contributed by atoms with Crippen molar-refractivity contribution in [2.24, 2.45) is 5.41 Å². The number of halogens is 6. The van der Waals surface area contributed by atoms with Crippen LogP contribution in [0.2, 0.25) is 0 Å². The zero-order valence-corrected chi connectivity index (χ0v) is 48.5. The summed E-state index contributed by atoms with van der Waals surface area (Å²) in [6.07, 6.45) is 14.2. The number of thiophene rings is 2. The topological polar surface area (TPSA) is 0 Å². The highest BCUT2D eigenvalue weighted by Gasteiger charge is 2.80. The van der Waals surface area contributed by atoms with Gasteiger partial charge in [0.25, 0.3) is 0 Å². The summed E-state index contributed by atoms with van der Waals surface area (Å²) in [5.41, 5.74) is 21.9. The van der Waals surface area contributed by atoms with Crippen LogP contribution in [0, 0.1) is 70.6 Å². The average Bonchev–Trinajstić information content (AvgIpc) is 3.85. The van der Waals surface area contributed by atoms with Gasteiger partial charge in [-0.3, -0.25) is 0 Å². The third kappa shape index (κ3) is 9.82. The third-order valence-corrected chi connectivity index (χ3v) is 17.5. The molecular formula is C69H64F6S2+2. The molecule has 0 bridgehead atoms. The fourth-order valence-corrected chi connectivity index (χ4v) is 13.3. The number of allylic oxidation sites excluding steroid dienone is 13. The Labute approximate surface area is 459 Å². The Morgan fingerprint density at radius 3 is 1.71 bits per heavy atom. The van der Waals surface area contributed by atoms with E-state index in [9.17, 15) is 0 Å². The zero-order valence-electron chi connectivity index (χ0n) is 46.9.